The van der Waals surface area contributed by atoms with E-state index in [-0.39, 0.29) is 19.6 Å². The number of aliphatic carboxylic acids is 1. The number of hydrogen-bond acceptors (Lipinski definition) is 4. The fraction of sp³-hybridized carbons (Fsp3) is 0.130. The van der Waals surface area contributed by atoms with Crippen LogP contribution in [0, 0.1) is 0 Å². The molecule has 0 aliphatic heterocycles. The van der Waals surface area contributed by atoms with Gasteiger partial charge in [-0.1, -0.05) is 64.8 Å². The van der Waals surface area contributed by atoms with Gasteiger partial charge in [0.15, 0.2) is 6.61 Å². The highest BCUT2D eigenvalue weighted by atomic mass is 35.5. The van der Waals surface area contributed by atoms with E-state index >= 15 is 0 Å². The molecule has 0 saturated heterocycles. The van der Waals surface area contributed by atoms with Crippen LogP contribution in [0.4, 0.5) is 0 Å². The van der Waals surface area contributed by atoms with Gasteiger partial charge in [0.2, 0.25) is 0 Å². The van der Waals surface area contributed by atoms with Gasteiger partial charge in [0, 0.05) is 21.2 Å². The summed E-state index contributed by atoms with van der Waals surface area (Å²) in [5.41, 5.74) is 3.02. The molecule has 0 radical (unpaired) electrons. The van der Waals surface area contributed by atoms with Gasteiger partial charge in [0.25, 0.3) is 0 Å². The van der Waals surface area contributed by atoms with Crippen molar-refractivity contribution >= 4 is 34.9 Å². The van der Waals surface area contributed by atoms with Gasteiger partial charge in [-0.15, -0.1) is 0 Å². The van der Waals surface area contributed by atoms with Crippen molar-refractivity contribution in [3.05, 3.63) is 99.5 Å². The van der Waals surface area contributed by atoms with E-state index in [1.807, 2.05) is 24.3 Å². The van der Waals surface area contributed by atoms with E-state index in [1.54, 1.807) is 48.5 Å². The third-order valence-electron chi connectivity index (χ3n) is 4.09. The monoisotopic (exact) mass is 443 g/mol. The smallest absolute Gasteiger partial charge is 0.307 e. The van der Waals surface area contributed by atoms with Crippen LogP contribution in [0.1, 0.15) is 16.7 Å². The van der Waals surface area contributed by atoms with Gasteiger partial charge in [-0.2, -0.15) is 0 Å². The van der Waals surface area contributed by atoms with Crippen LogP contribution in [-0.4, -0.2) is 30.0 Å². The standard InChI is InChI=1S/C23H19Cl2NO4/c24-19-8-4-17(5-9-19)23(18-6-10-20(25)11-7-18)26-30-13-12-29-21-3-1-2-16(14-21)15-22(27)28/h1-11,14H,12-13,15H2,(H,27,28). The zero-order valence-electron chi connectivity index (χ0n) is 15.9. The van der Waals surface area contributed by atoms with Gasteiger partial charge in [0.1, 0.15) is 18.1 Å². The lowest BCUT2D eigenvalue weighted by Crippen LogP contribution is -2.08. The minimum Gasteiger partial charge on any atom is -0.490 e. The molecule has 3 aromatic carbocycles. The predicted octanol–water partition coefficient (Wildman–Crippen LogP) is 5.47. The number of carbonyl (C=O) groups is 1. The van der Waals surface area contributed by atoms with Gasteiger partial charge in [-0.3, -0.25) is 4.79 Å². The average Bonchev–Trinajstić information content (AvgIpc) is 2.72. The zero-order valence-corrected chi connectivity index (χ0v) is 17.4. The molecule has 0 saturated carbocycles. The number of halogens is 2. The maximum Gasteiger partial charge on any atom is 0.307 e. The van der Waals surface area contributed by atoms with E-state index in [1.165, 1.54) is 0 Å². The lowest BCUT2D eigenvalue weighted by molar-refractivity contribution is -0.136. The number of oxime groups is 1. The Hall–Kier alpha value is -3.02. The molecule has 0 heterocycles. The molecule has 0 bridgehead atoms. The number of rotatable bonds is 9. The Morgan fingerprint density at radius 3 is 2.03 bits per heavy atom. The summed E-state index contributed by atoms with van der Waals surface area (Å²) in [6.07, 6.45) is -0.0520. The topological polar surface area (TPSA) is 68.1 Å². The third-order valence-corrected chi connectivity index (χ3v) is 4.59. The molecule has 0 aromatic heterocycles. The quantitative estimate of drug-likeness (QED) is 0.270. The van der Waals surface area contributed by atoms with Crippen LogP contribution in [0.3, 0.4) is 0 Å². The Morgan fingerprint density at radius 1 is 0.867 bits per heavy atom. The van der Waals surface area contributed by atoms with Crippen LogP contribution in [0.5, 0.6) is 5.75 Å². The molecule has 7 heteroatoms. The highest BCUT2D eigenvalue weighted by Crippen LogP contribution is 2.18. The van der Waals surface area contributed by atoms with Gasteiger partial charge >= 0.3 is 5.97 Å². The normalized spacial score (nSPS) is 10.3. The summed E-state index contributed by atoms with van der Waals surface area (Å²) >= 11 is 12.0. The molecule has 0 amide bonds. The third kappa shape index (κ3) is 6.51. The van der Waals surface area contributed by atoms with E-state index in [2.05, 4.69) is 5.16 Å². The first-order valence-electron chi connectivity index (χ1n) is 9.16. The second-order valence-corrected chi connectivity index (χ2v) is 7.23. The zero-order chi connectivity index (χ0) is 21.3. The molecule has 3 rings (SSSR count). The molecule has 0 atom stereocenters. The van der Waals surface area contributed by atoms with Crippen LogP contribution >= 0.6 is 23.2 Å². The number of carboxylic acid groups (broad SMARTS) is 1. The van der Waals surface area contributed by atoms with E-state index in [4.69, 9.17) is 37.9 Å². The first-order chi connectivity index (χ1) is 14.5. The largest absolute Gasteiger partial charge is 0.490 e. The van der Waals surface area contributed by atoms with Crippen molar-refractivity contribution in [1.82, 2.24) is 0 Å². The maximum absolute atomic E-state index is 10.8. The molecule has 3 aromatic rings. The summed E-state index contributed by atoms with van der Waals surface area (Å²) < 4.78 is 5.63. The molecular formula is C23H19Cl2NO4. The van der Waals surface area contributed by atoms with E-state index in [0.717, 1.165) is 11.1 Å². The molecule has 0 aliphatic rings. The molecule has 154 valence electrons. The Balaban J connectivity index is 1.64. The lowest BCUT2D eigenvalue weighted by atomic mass is 10.0. The van der Waals surface area contributed by atoms with E-state index in [9.17, 15) is 4.79 Å². The van der Waals surface area contributed by atoms with Gasteiger partial charge in [-0.05, 0) is 42.0 Å². The highest BCUT2D eigenvalue weighted by Gasteiger charge is 2.09. The Bertz CT molecular complexity index is 971. The summed E-state index contributed by atoms with van der Waals surface area (Å²) in [6, 6.07) is 21.6. The van der Waals surface area contributed by atoms with Crippen molar-refractivity contribution < 1.29 is 19.5 Å². The fourth-order valence-corrected chi connectivity index (χ4v) is 2.97. The first-order valence-corrected chi connectivity index (χ1v) is 9.92. The first kappa shape index (κ1) is 21.7. The second-order valence-electron chi connectivity index (χ2n) is 6.35. The highest BCUT2D eigenvalue weighted by molar-refractivity contribution is 6.31. The van der Waals surface area contributed by atoms with Crippen LogP contribution in [0.15, 0.2) is 78.0 Å². The summed E-state index contributed by atoms with van der Waals surface area (Å²) in [6.45, 7) is 0.475. The fourth-order valence-electron chi connectivity index (χ4n) is 2.71. The summed E-state index contributed by atoms with van der Waals surface area (Å²) in [4.78, 5) is 16.3. The maximum atomic E-state index is 10.8. The number of carboxylic acids is 1. The molecule has 0 unspecified atom stereocenters. The summed E-state index contributed by atoms with van der Waals surface area (Å²) in [5.74, 6) is -0.307. The molecule has 30 heavy (non-hydrogen) atoms. The molecular weight excluding hydrogens is 425 g/mol. The number of ether oxygens (including phenoxy) is 1. The predicted molar refractivity (Wildman–Crippen MR) is 118 cm³/mol. The van der Waals surface area contributed by atoms with Crippen LogP contribution in [0.25, 0.3) is 0 Å². The van der Waals surface area contributed by atoms with Crippen molar-refractivity contribution in [2.45, 2.75) is 6.42 Å². The minimum absolute atomic E-state index is 0.0520. The van der Waals surface area contributed by atoms with Crippen molar-refractivity contribution in [1.29, 1.82) is 0 Å². The average molecular weight is 444 g/mol. The Morgan fingerprint density at radius 2 is 1.47 bits per heavy atom. The van der Waals surface area contributed by atoms with Crippen LogP contribution in [0.2, 0.25) is 10.0 Å². The van der Waals surface area contributed by atoms with Gasteiger partial charge < -0.3 is 14.7 Å². The number of benzene rings is 3. The van der Waals surface area contributed by atoms with Crippen molar-refractivity contribution in [2.75, 3.05) is 13.2 Å². The number of hydrogen-bond donors (Lipinski definition) is 1. The molecule has 0 aliphatic carbocycles. The molecule has 0 fully saturated rings. The van der Waals surface area contributed by atoms with E-state index in [0.29, 0.717) is 27.1 Å². The van der Waals surface area contributed by atoms with Crippen molar-refractivity contribution in [2.24, 2.45) is 5.16 Å². The summed E-state index contributed by atoms with van der Waals surface area (Å²) in [7, 11) is 0. The van der Waals surface area contributed by atoms with Crippen molar-refractivity contribution in [3.63, 3.8) is 0 Å². The number of nitrogens with zero attached hydrogens (tertiary/aromatic N) is 1. The van der Waals surface area contributed by atoms with Crippen LogP contribution < -0.4 is 4.74 Å². The second kappa shape index (κ2) is 10.7. The molecule has 5 nitrogen and oxygen atoms in total. The summed E-state index contributed by atoms with van der Waals surface area (Å²) in [5, 5.41) is 14.4. The lowest BCUT2D eigenvalue weighted by Gasteiger charge is -2.09. The van der Waals surface area contributed by atoms with Crippen molar-refractivity contribution in [3.8, 4) is 5.75 Å². The SMILES string of the molecule is O=C(O)Cc1cccc(OCCON=C(c2ccc(Cl)cc2)c2ccc(Cl)cc2)c1. The Labute approximate surface area is 184 Å². The molecule has 0 spiro atoms. The van der Waals surface area contributed by atoms with Gasteiger partial charge in [0.05, 0.1) is 6.42 Å². The van der Waals surface area contributed by atoms with Gasteiger partial charge in [-0.25, -0.2) is 0 Å². The molecule has 1 N–H and O–H groups in total. The van der Waals surface area contributed by atoms with E-state index < -0.39 is 5.97 Å². The Kier molecular flexibility index (Phi) is 7.71. The van der Waals surface area contributed by atoms with Crippen LogP contribution in [-0.2, 0) is 16.1 Å². The minimum atomic E-state index is -0.887.